The van der Waals surface area contributed by atoms with Crippen LogP contribution in [0.3, 0.4) is 0 Å². The Kier molecular flexibility index (Phi) is 7.68. The molecule has 4 aromatic rings. The molecule has 0 aromatic heterocycles. The maximum atomic E-state index is 13.0. The van der Waals surface area contributed by atoms with E-state index in [0.29, 0.717) is 5.56 Å². The van der Waals surface area contributed by atoms with Crippen LogP contribution in [-0.4, -0.2) is 35.8 Å². The molecule has 1 atom stereocenters. The number of esters is 1. The minimum absolute atomic E-state index is 0.0560. The Balaban J connectivity index is 1.28. The largest absolute Gasteiger partial charge is 0.478 e. The molecule has 1 aliphatic rings. The maximum absolute atomic E-state index is 13.0. The van der Waals surface area contributed by atoms with Crippen LogP contribution in [0.25, 0.3) is 11.1 Å². The van der Waals surface area contributed by atoms with Crippen LogP contribution in [0.5, 0.6) is 0 Å². The van der Waals surface area contributed by atoms with Gasteiger partial charge in [0.15, 0.2) is 0 Å². The molecule has 196 valence electrons. The van der Waals surface area contributed by atoms with Crippen molar-refractivity contribution in [3.8, 4) is 11.1 Å². The smallest absolute Gasteiger partial charge is 0.407 e. The number of benzene rings is 4. The van der Waals surface area contributed by atoms with Gasteiger partial charge in [-0.3, -0.25) is 0 Å². The number of aromatic carboxylic acids is 1. The van der Waals surface area contributed by atoms with E-state index in [-0.39, 0.29) is 31.1 Å². The quantitative estimate of drug-likeness (QED) is 0.279. The van der Waals surface area contributed by atoms with Crippen LogP contribution in [0.15, 0.2) is 103 Å². The summed E-state index contributed by atoms with van der Waals surface area (Å²) in [5, 5.41) is 11.8. The molecule has 0 spiro atoms. The number of rotatable bonds is 9. The van der Waals surface area contributed by atoms with Gasteiger partial charge in [-0.15, -0.1) is 0 Å². The number of amides is 1. The molecule has 0 radical (unpaired) electrons. The summed E-state index contributed by atoms with van der Waals surface area (Å²) in [4.78, 5) is 37.2. The van der Waals surface area contributed by atoms with Crippen molar-refractivity contribution in [2.75, 3.05) is 6.61 Å². The second-order valence-electron chi connectivity index (χ2n) is 9.32. The Morgan fingerprint density at radius 2 is 1.31 bits per heavy atom. The van der Waals surface area contributed by atoms with Gasteiger partial charge in [0.2, 0.25) is 0 Å². The minimum atomic E-state index is -1.04. The van der Waals surface area contributed by atoms with Crippen molar-refractivity contribution in [2.24, 2.45) is 0 Å². The SMILES string of the molecule is O=C(N[C@@H](Cc1ccc(C(=O)O)cc1)C(=O)OCc1ccccc1)OCC1c2ccccc2-c2ccccc21. The van der Waals surface area contributed by atoms with Crippen LogP contribution in [0.2, 0.25) is 0 Å². The first-order valence-electron chi connectivity index (χ1n) is 12.6. The third-order valence-corrected chi connectivity index (χ3v) is 6.78. The zero-order chi connectivity index (χ0) is 27.2. The molecular weight excluding hydrogens is 494 g/mol. The Hall–Kier alpha value is -4.91. The molecule has 0 saturated carbocycles. The van der Waals surface area contributed by atoms with Crippen molar-refractivity contribution >= 4 is 18.0 Å². The number of ether oxygens (including phenoxy) is 2. The summed E-state index contributed by atoms with van der Waals surface area (Å²) in [5.41, 5.74) is 6.03. The van der Waals surface area contributed by atoms with Gasteiger partial charge >= 0.3 is 18.0 Å². The van der Waals surface area contributed by atoms with E-state index >= 15 is 0 Å². The highest BCUT2D eigenvalue weighted by Crippen LogP contribution is 2.44. The van der Waals surface area contributed by atoms with Crippen LogP contribution in [0.1, 0.15) is 38.5 Å². The molecule has 39 heavy (non-hydrogen) atoms. The molecule has 7 heteroatoms. The molecule has 0 heterocycles. The summed E-state index contributed by atoms with van der Waals surface area (Å²) in [5.74, 6) is -1.78. The van der Waals surface area contributed by atoms with E-state index in [4.69, 9.17) is 14.6 Å². The highest BCUT2D eigenvalue weighted by molar-refractivity contribution is 5.87. The summed E-state index contributed by atoms with van der Waals surface area (Å²) in [6.07, 6.45) is -0.627. The molecule has 1 aliphatic carbocycles. The molecule has 4 aromatic carbocycles. The van der Waals surface area contributed by atoms with Crippen LogP contribution in [0.4, 0.5) is 4.79 Å². The molecule has 0 aliphatic heterocycles. The Morgan fingerprint density at radius 1 is 0.718 bits per heavy atom. The van der Waals surface area contributed by atoms with Gasteiger partial charge in [0, 0.05) is 12.3 Å². The van der Waals surface area contributed by atoms with Gasteiger partial charge in [-0.1, -0.05) is 91.0 Å². The average Bonchev–Trinajstić information content (AvgIpc) is 3.29. The number of carbonyl (C=O) groups excluding carboxylic acids is 2. The lowest BCUT2D eigenvalue weighted by Gasteiger charge is -2.19. The van der Waals surface area contributed by atoms with E-state index in [1.54, 1.807) is 12.1 Å². The lowest BCUT2D eigenvalue weighted by atomic mass is 9.98. The Bertz CT molecular complexity index is 1440. The zero-order valence-corrected chi connectivity index (χ0v) is 21.1. The second-order valence-corrected chi connectivity index (χ2v) is 9.32. The molecule has 0 saturated heterocycles. The van der Waals surface area contributed by atoms with Crippen molar-refractivity contribution in [2.45, 2.75) is 25.0 Å². The first-order valence-corrected chi connectivity index (χ1v) is 12.6. The molecular formula is C32H27NO6. The van der Waals surface area contributed by atoms with Gasteiger partial charge < -0.3 is 19.9 Å². The number of carboxylic acid groups (broad SMARTS) is 1. The van der Waals surface area contributed by atoms with E-state index in [9.17, 15) is 14.4 Å². The predicted octanol–water partition coefficient (Wildman–Crippen LogP) is 5.58. The normalized spacial score (nSPS) is 12.6. The van der Waals surface area contributed by atoms with Gasteiger partial charge in [0.05, 0.1) is 5.56 Å². The maximum Gasteiger partial charge on any atom is 0.407 e. The monoisotopic (exact) mass is 521 g/mol. The van der Waals surface area contributed by atoms with E-state index in [0.717, 1.165) is 27.8 Å². The first kappa shape index (κ1) is 25.7. The highest BCUT2D eigenvalue weighted by atomic mass is 16.6. The van der Waals surface area contributed by atoms with Crippen molar-refractivity contribution in [3.63, 3.8) is 0 Å². The Morgan fingerprint density at radius 3 is 1.92 bits per heavy atom. The molecule has 0 bridgehead atoms. The summed E-state index contributed by atoms with van der Waals surface area (Å²) in [6, 6.07) is 30.4. The summed E-state index contributed by atoms with van der Waals surface area (Å²) < 4.78 is 11.1. The molecule has 0 unspecified atom stereocenters. The molecule has 5 rings (SSSR count). The molecule has 0 fully saturated rings. The standard InChI is InChI=1S/C32H27NO6/c34-30(35)23-16-14-21(15-17-23)18-29(31(36)38-19-22-8-2-1-3-9-22)33-32(37)39-20-28-26-12-6-4-10-24(26)25-11-5-7-13-27(25)28/h1-17,28-29H,18-20H2,(H,33,37)(H,34,35)/t29-/m0/s1. The summed E-state index contributed by atoms with van der Waals surface area (Å²) in [7, 11) is 0. The van der Waals surface area contributed by atoms with Crippen LogP contribution < -0.4 is 5.32 Å². The first-order chi connectivity index (χ1) is 19.0. The van der Waals surface area contributed by atoms with Gasteiger partial charge in [-0.2, -0.15) is 0 Å². The summed E-state index contributed by atoms with van der Waals surface area (Å²) in [6.45, 7) is 0.166. The number of carbonyl (C=O) groups is 3. The van der Waals surface area contributed by atoms with Crippen molar-refractivity contribution in [3.05, 3.63) is 131 Å². The number of nitrogens with one attached hydrogen (secondary N) is 1. The number of alkyl carbamates (subject to hydrolysis) is 1. The molecule has 7 nitrogen and oxygen atoms in total. The predicted molar refractivity (Wildman–Crippen MR) is 145 cm³/mol. The lowest BCUT2D eigenvalue weighted by Crippen LogP contribution is -2.43. The minimum Gasteiger partial charge on any atom is -0.478 e. The highest BCUT2D eigenvalue weighted by Gasteiger charge is 2.30. The molecule has 2 N–H and O–H groups in total. The fourth-order valence-electron chi connectivity index (χ4n) is 4.82. The van der Waals surface area contributed by atoms with Crippen LogP contribution >= 0.6 is 0 Å². The van der Waals surface area contributed by atoms with E-state index in [1.165, 1.54) is 12.1 Å². The van der Waals surface area contributed by atoms with Crippen LogP contribution in [0, 0.1) is 0 Å². The fraction of sp³-hybridized carbons (Fsp3) is 0.156. The zero-order valence-electron chi connectivity index (χ0n) is 21.1. The van der Waals surface area contributed by atoms with Crippen molar-refractivity contribution in [1.29, 1.82) is 0 Å². The van der Waals surface area contributed by atoms with E-state index < -0.39 is 24.1 Å². The summed E-state index contributed by atoms with van der Waals surface area (Å²) >= 11 is 0. The second kappa shape index (κ2) is 11.6. The average molecular weight is 522 g/mol. The third kappa shape index (κ3) is 5.99. The topological polar surface area (TPSA) is 102 Å². The number of hydrogen-bond acceptors (Lipinski definition) is 5. The van der Waals surface area contributed by atoms with E-state index in [1.807, 2.05) is 66.7 Å². The molecule has 1 amide bonds. The lowest BCUT2D eigenvalue weighted by molar-refractivity contribution is -0.147. The Labute approximate surface area is 226 Å². The van der Waals surface area contributed by atoms with Crippen LogP contribution in [-0.2, 0) is 27.3 Å². The van der Waals surface area contributed by atoms with Crippen molar-refractivity contribution in [1.82, 2.24) is 5.32 Å². The van der Waals surface area contributed by atoms with Gasteiger partial charge in [-0.25, -0.2) is 14.4 Å². The number of hydrogen-bond donors (Lipinski definition) is 2. The fourth-order valence-corrected chi connectivity index (χ4v) is 4.82. The third-order valence-electron chi connectivity index (χ3n) is 6.78. The number of fused-ring (bicyclic) bond motifs is 3. The van der Waals surface area contributed by atoms with Gasteiger partial charge in [0.25, 0.3) is 0 Å². The van der Waals surface area contributed by atoms with Gasteiger partial charge in [-0.05, 0) is 45.5 Å². The van der Waals surface area contributed by atoms with Crippen molar-refractivity contribution < 1.29 is 29.0 Å². The number of carboxylic acids is 1. The van der Waals surface area contributed by atoms with Gasteiger partial charge in [0.1, 0.15) is 19.3 Å². The van der Waals surface area contributed by atoms with E-state index in [2.05, 4.69) is 17.4 Å².